The minimum Gasteiger partial charge on any atom is -0.378 e. The van der Waals surface area contributed by atoms with Crippen molar-refractivity contribution in [2.24, 2.45) is 5.73 Å². The number of rotatable bonds is 9. The number of nitrogens with zero attached hydrogens (tertiary/aromatic N) is 2. The lowest BCUT2D eigenvalue weighted by Gasteiger charge is -2.35. The van der Waals surface area contributed by atoms with E-state index in [2.05, 4.69) is 68.9 Å². The van der Waals surface area contributed by atoms with Gasteiger partial charge in [0.2, 0.25) is 0 Å². The molecule has 0 aliphatic carbocycles. The number of benzene rings is 1. The van der Waals surface area contributed by atoms with E-state index in [-0.39, 0.29) is 0 Å². The van der Waals surface area contributed by atoms with Crippen molar-refractivity contribution in [2.75, 3.05) is 32.1 Å². The molecule has 0 radical (unpaired) electrons. The van der Waals surface area contributed by atoms with Crippen molar-refractivity contribution in [3.8, 4) is 0 Å². The third-order valence-corrected chi connectivity index (χ3v) is 4.10. The van der Waals surface area contributed by atoms with Gasteiger partial charge in [0.1, 0.15) is 0 Å². The zero-order valence-electron chi connectivity index (χ0n) is 14.5. The Morgan fingerprint density at radius 1 is 1.05 bits per heavy atom. The summed E-state index contributed by atoms with van der Waals surface area (Å²) in [6.45, 7) is 8.58. The van der Waals surface area contributed by atoms with Crippen molar-refractivity contribution in [1.29, 1.82) is 0 Å². The first-order valence-corrected chi connectivity index (χ1v) is 8.24. The van der Waals surface area contributed by atoms with E-state index in [4.69, 9.17) is 5.73 Å². The second-order valence-corrected chi connectivity index (χ2v) is 6.28. The standard InChI is InChI=1S/C18H33N3/c1-6-7-8-13-21(15(2)3)18(14-19)16-9-11-17(12-10-16)20(4)5/h9-12,15,18H,6-8,13-14,19H2,1-5H3. The van der Waals surface area contributed by atoms with Crippen LogP contribution in [0.3, 0.4) is 0 Å². The van der Waals surface area contributed by atoms with Crippen LogP contribution < -0.4 is 10.6 Å². The van der Waals surface area contributed by atoms with Crippen molar-refractivity contribution in [3.63, 3.8) is 0 Å². The van der Waals surface area contributed by atoms with Gasteiger partial charge in [-0.2, -0.15) is 0 Å². The fourth-order valence-corrected chi connectivity index (χ4v) is 2.78. The minimum atomic E-state index is 0.318. The summed E-state index contributed by atoms with van der Waals surface area (Å²) in [5.74, 6) is 0. The largest absolute Gasteiger partial charge is 0.378 e. The zero-order valence-corrected chi connectivity index (χ0v) is 14.5. The molecule has 3 nitrogen and oxygen atoms in total. The molecule has 21 heavy (non-hydrogen) atoms. The van der Waals surface area contributed by atoms with Crippen LogP contribution >= 0.6 is 0 Å². The van der Waals surface area contributed by atoms with Gasteiger partial charge in [0.05, 0.1) is 0 Å². The van der Waals surface area contributed by atoms with Crippen molar-refractivity contribution in [1.82, 2.24) is 4.90 Å². The van der Waals surface area contributed by atoms with Gasteiger partial charge in [-0.3, -0.25) is 4.90 Å². The fraction of sp³-hybridized carbons (Fsp3) is 0.667. The van der Waals surface area contributed by atoms with Crippen LogP contribution in [0, 0.1) is 0 Å². The molecule has 1 aromatic rings. The Bertz CT molecular complexity index is 384. The van der Waals surface area contributed by atoms with Crippen LogP contribution in [0.2, 0.25) is 0 Å². The molecule has 120 valence electrons. The Morgan fingerprint density at radius 3 is 2.10 bits per heavy atom. The first-order valence-electron chi connectivity index (χ1n) is 8.24. The van der Waals surface area contributed by atoms with Gasteiger partial charge in [-0.15, -0.1) is 0 Å². The molecule has 0 aliphatic rings. The molecule has 1 atom stereocenters. The normalized spacial score (nSPS) is 13.0. The van der Waals surface area contributed by atoms with E-state index in [0.29, 0.717) is 18.6 Å². The van der Waals surface area contributed by atoms with Crippen molar-refractivity contribution >= 4 is 5.69 Å². The van der Waals surface area contributed by atoms with E-state index in [0.717, 1.165) is 6.54 Å². The number of unbranched alkanes of at least 4 members (excludes halogenated alkanes) is 2. The van der Waals surface area contributed by atoms with Crippen LogP contribution in [-0.4, -0.2) is 38.1 Å². The highest BCUT2D eigenvalue weighted by Crippen LogP contribution is 2.24. The van der Waals surface area contributed by atoms with Gasteiger partial charge in [-0.1, -0.05) is 31.9 Å². The van der Waals surface area contributed by atoms with Gasteiger partial charge in [0.15, 0.2) is 0 Å². The van der Waals surface area contributed by atoms with Crippen LogP contribution in [-0.2, 0) is 0 Å². The highest BCUT2D eigenvalue weighted by molar-refractivity contribution is 5.46. The van der Waals surface area contributed by atoms with Crippen LogP contribution in [0.1, 0.15) is 51.6 Å². The molecule has 0 bridgehead atoms. The predicted molar refractivity (Wildman–Crippen MR) is 93.9 cm³/mol. The Balaban J connectivity index is 2.86. The highest BCUT2D eigenvalue weighted by Gasteiger charge is 2.21. The molecule has 1 aromatic carbocycles. The zero-order chi connectivity index (χ0) is 15.8. The second kappa shape index (κ2) is 9.06. The minimum absolute atomic E-state index is 0.318. The van der Waals surface area contributed by atoms with E-state index in [9.17, 15) is 0 Å². The van der Waals surface area contributed by atoms with E-state index in [1.54, 1.807) is 0 Å². The van der Waals surface area contributed by atoms with Crippen molar-refractivity contribution in [3.05, 3.63) is 29.8 Å². The number of nitrogens with two attached hydrogens (primary N) is 1. The Labute approximate surface area is 131 Å². The molecule has 0 amide bonds. The Morgan fingerprint density at radius 2 is 1.67 bits per heavy atom. The smallest absolute Gasteiger partial charge is 0.0473 e. The van der Waals surface area contributed by atoms with Gasteiger partial charge in [0.25, 0.3) is 0 Å². The first-order chi connectivity index (χ1) is 10.0. The summed E-state index contributed by atoms with van der Waals surface area (Å²) in [7, 11) is 4.14. The number of hydrogen-bond acceptors (Lipinski definition) is 3. The number of hydrogen-bond donors (Lipinski definition) is 1. The summed E-state index contributed by atoms with van der Waals surface area (Å²) in [4.78, 5) is 4.67. The van der Waals surface area contributed by atoms with Gasteiger partial charge < -0.3 is 10.6 Å². The maximum atomic E-state index is 6.09. The quantitative estimate of drug-likeness (QED) is 0.705. The molecule has 0 saturated heterocycles. The number of anilines is 1. The van der Waals surface area contributed by atoms with Crippen LogP contribution in [0.4, 0.5) is 5.69 Å². The predicted octanol–water partition coefficient (Wildman–Crippen LogP) is 3.65. The molecule has 1 unspecified atom stereocenters. The lowest BCUT2D eigenvalue weighted by Crippen LogP contribution is -2.39. The summed E-state index contributed by atoms with van der Waals surface area (Å²) >= 11 is 0. The van der Waals surface area contributed by atoms with Gasteiger partial charge >= 0.3 is 0 Å². The third-order valence-electron chi connectivity index (χ3n) is 4.10. The van der Waals surface area contributed by atoms with Crippen molar-refractivity contribution < 1.29 is 0 Å². The molecular weight excluding hydrogens is 258 g/mol. The van der Waals surface area contributed by atoms with Crippen molar-refractivity contribution in [2.45, 2.75) is 52.1 Å². The monoisotopic (exact) mass is 291 g/mol. The third kappa shape index (κ3) is 5.33. The van der Waals surface area contributed by atoms with Crippen LogP contribution in [0.5, 0.6) is 0 Å². The maximum Gasteiger partial charge on any atom is 0.0473 e. The molecule has 2 N–H and O–H groups in total. The molecule has 3 heteroatoms. The Hall–Kier alpha value is -1.06. The summed E-state index contributed by atoms with van der Waals surface area (Å²) in [6.07, 6.45) is 3.80. The SMILES string of the molecule is CCCCCN(C(C)C)C(CN)c1ccc(N(C)C)cc1. The topological polar surface area (TPSA) is 32.5 Å². The average Bonchev–Trinajstić information content (AvgIpc) is 2.46. The summed E-state index contributed by atoms with van der Waals surface area (Å²) in [5, 5.41) is 0. The molecule has 0 spiro atoms. The lowest BCUT2D eigenvalue weighted by atomic mass is 10.0. The van der Waals surface area contributed by atoms with Gasteiger partial charge in [-0.25, -0.2) is 0 Å². The Kier molecular flexibility index (Phi) is 7.76. The lowest BCUT2D eigenvalue weighted by molar-refractivity contribution is 0.154. The fourth-order valence-electron chi connectivity index (χ4n) is 2.78. The van der Waals surface area contributed by atoms with E-state index < -0.39 is 0 Å². The van der Waals surface area contributed by atoms with Crippen LogP contribution in [0.25, 0.3) is 0 Å². The molecule has 0 heterocycles. The van der Waals surface area contributed by atoms with Gasteiger partial charge in [0, 0.05) is 38.4 Å². The molecule has 1 rings (SSSR count). The second-order valence-electron chi connectivity index (χ2n) is 6.28. The van der Waals surface area contributed by atoms with Crippen LogP contribution in [0.15, 0.2) is 24.3 Å². The van der Waals surface area contributed by atoms with E-state index in [1.807, 2.05) is 0 Å². The first kappa shape index (κ1) is 18.0. The molecule has 0 saturated carbocycles. The molecule has 0 fully saturated rings. The van der Waals surface area contributed by atoms with E-state index >= 15 is 0 Å². The van der Waals surface area contributed by atoms with Gasteiger partial charge in [-0.05, 0) is 44.5 Å². The molecule has 0 aliphatic heterocycles. The average molecular weight is 291 g/mol. The maximum absolute atomic E-state index is 6.09. The van der Waals surface area contributed by atoms with E-state index in [1.165, 1.54) is 30.5 Å². The highest BCUT2D eigenvalue weighted by atomic mass is 15.2. The molecular formula is C18H33N3. The molecule has 0 aromatic heterocycles. The summed E-state index contributed by atoms with van der Waals surface area (Å²) in [6, 6.07) is 9.65. The summed E-state index contributed by atoms with van der Waals surface area (Å²) in [5.41, 5.74) is 8.65. The summed E-state index contributed by atoms with van der Waals surface area (Å²) < 4.78 is 0.